The van der Waals surface area contributed by atoms with Crippen LogP contribution in [0.4, 0.5) is 4.79 Å². The second-order valence-corrected chi connectivity index (χ2v) is 7.31. The van der Waals surface area contributed by atoms with Gasteiger partial charge in [-0.25, -0.2) is 14.8 Å². The summed E-state index contributed by atoms with van der Waals surface area (Å²) in [4.78, 5) is 24.6. The van der Waals surface area contributed by atoms with Crippen molar-refractivity contribution in [3.8, 4) is 0 Å². The Kier molecular flexibility index (Phi) is 4.89. The number of thiazole rings is 1. The second-order valence-electron chi connectivity index (χ2n) is 6.20. The van der Waals surface area contributed by atoms with Crippen LogP contribution in [0.15, 0.2) is 4.42 Å². The fraction of sp³-hybridized carbons (Fsp3) is 0.588. The molecule has 0 saturated heterocycles. The predicted octanol–water partition coefficient (Wildman–Crippen LogP) is 3.53. The molecular formula is C17H24N4O2S. The van der Waals surface area contributed by atoms with Crippen molar-refractivity contribution in [2.45, 2.75) is 59.0 Å². The summed E-state index contributed by atoms with van der Waals surface area (Å²) < 4.78 is 5.51. The Bertz CT molecular complexity index is 718. The van der Waals surface area contributed by atoms with E-state index in [0.29, 0.717) is 12.4 Å². The molecule has 7 heteroatoms. The van der Waals surface area contributed by atoms with Crippen LogP contribution in [-0.4, -0.2) is 27.9 Å². The molecule has 0 unspecified atom stereocenters. The smallest absolute Gasteiger partial charge is 0.318 e. The van der Waals surface area contributed by atoms with E-state index in [4.69, 9.17) is 9.40 Å². The average molecular weight is 348 g/mol. The maximum absolute atomic E-state index is 12.5. The van der Waals surface area contributed by atoms with Gasteiger partial charge >= 0.3 is 6.03 Å². The van der Waals surface area contributed by atoms with E-state index in [1.54, 1.807) is 16.2 Å². The topological polar surface area (TPSA) is 71.3 Å². The zero-order valence-corrected chi connectivity index (χ0v) is 15.5. The third-order valence-corrected chi connectivity index (χ3v) is 5.86. The molecule has 1 aliphatic rings. The van der Waals surface area contributed by atoms with Crippen LogP contribution in [0.5, 0.6) is 0 Å². The van der Waals surface area contributed by atoms with E-state index in [0.717, 1.165) is 42.1 Å². The molecule has 24 heavy (non-hydrogen) atoms. The molecule has 130 valence electrons. The molecule has 3 rings (SSSR count). The van der Waals surface area contributed by atoms with Crippen LogP contribution in [0.25, 0.3) is 0 Å². The quantitative estimate of drug-likeness (QED) is 0.917. The van der Waals surface area contributed by atoms with Crippen LogP contribution >= 0.6 is 11.3 Å². The summed E-state index contributed by atoms with van der Waals surface area (Å²) in [6.45, 7) is 6.20. The lowest BCUT2D eigenvalue weighted by Crippen LogP contribution is -2.40. The highest BCUT2D eigenvalue weighted by molar-refractivity contribution is 7.11. The number of fused-ring (bicyclic) bond motifs is 1. The number of oxazole rings is 1. The Morgan fingerprint density at radius 1 is 1.42 bits per heavy atom. The van der Waals surface area contributed by atoms with Crippen molar-refractivity contribution < 1.29 is 9.21 Å². The van der Waals surface area contributed by atoms with Crippen LogP contribution in [0.1, 0.15) is 58.7 Å². The maximum atomic E-state index is 12.5. The molecule has 1 aliphatic carbocycles. The summed E-state index contributed by atoms with van der Waals surface area (Å²) in [5.41, 5.74) is 2.04. The number of nitrogens with one attached hydrogen (secondary N) is 1. The van der Waals surface area contributed by atoms with Crippen LogP contribution < -0.4 is 5.32 Å². The summed E-state index contributed by atoms with van der Waals surface area (Å²) in [6.07, 6.45) is 4.02. The average Bonchev–Trinajstić information content (AvgIpc) is 3.14. The molecule has 1 atom stereocenters. The van der Waals surface area contributed by atoms with Crippen molar-refractivity contribution in [3.63, 3.8) is 0 Å². The van der Waals surface area contributed by atoms with Crippen LogP contribution in [0, 0.1) is 13.8 Å². The molecule has 0 spiro atoms. The third-order valence-electron chi connectivity index (χ3n) is 4.52. The minimum atomic E-state index is -0.104. The monoisotopic (exact) mass is 348 g/mol. The summed E-state index contributed by atoms with van der Waals surface area (Å²) >= 11 is 1.75. The summed E-state index contributed by atoms with van der Waals surface area (Å²) in [5.74, 6) is 1.34. The first-order chi connectivity index (χ1) is 11.5. The molecule has 1 N–H and O–H groups in total. The number of aromatic nitrogens is 2. The number of rotatable bonds is 4. The minimum absolute atomic E-state index is 0.104. The highest BCUT2D eigenvalue weighted by Crippen LogP contribution is 2.37. The fourth-order valence-corrected chi connectivity index (χ4v) is 4.23. The van der Waals surface area contributed by atoms with Gasteiger partial charge in [0.05, 0.1) is 33.9 Å². The van der Waals surface area contributed by atoms with Crippen molar-refractivity contribution in [2.24, 2.45) is 0 Å². The molecular weight excluding hydrogens is 324 g/mol. The normalized spacial score (nSPS) is 16.8. The number of hydrogen-bond donors (Lipinski definition) is 1. The molecule has 6 nitrogen and oxygen atoms in total. The Morgan fingerprint density at radius 2 is 2.21 bits per heavy atom. The molecule has 0 bridgehead atoms. The minimum Gasteiger partial charge on any atom is -0.444 e. The lowest BCUT2D eigenvalue weighted by atomic mass is 9.97. The summed E-state index contributed by atoms with van der Waals surface area (Å²) in [6, 6.07) is 0.00684. The lowest BCUT2D eigenvalue weighted by Gasteiger charge is -2.30. The number of carbonyl (C=O) groups is 1. The number of aryl methyl sites for hydroxylation is 4. The van der Waals surface area contributed by atoms with E-state index < -0.39 is 0 Å². The molecule has 0 saturated carbocycles. The zero-order valence-electron chi connectivity index (χ0n) is 14.7. The SMILES string of the molecule is CCc1nc2c(s1)[C@H](N(C)C(=O)NCc1nc(C)c(C)o1)CCC2. The van der Waals surface area contributed by atoms with E-state index >= 15 is 0 Å². The van der Waals surface area contributed by atoms with Gasteiger partial charge < -0.3 is 14.6 Å². The molecule has 2 aromatic heterocycles. The van der Waals surface area contributed by atoms with Crippen molar-refractivity contribution in [1.82, 2.24) is 20.2 Å². The van der Waals surface area contributed by atoms with E-state index in [1.807, 2.05) is 20.9 Å². The summed E-state index contributed by atoms with van der Waals surface area (Å²) in [5, 5.41) is 4.06. The van der Waals surface area contributed by atoms with Gasteiger partial charge in [-0.1, -0.05) is 6.92 Å². The molecule has 0 radical (unpaired) electrons. The van der Waals surface area contributed by atoms with Gasteiger partial charge in [-0.15, -0.1) is 11.3 Å². The Balaban J connectivity index is 1.66. The van der Waals surface area contributed by atoms with Crippen molar-refractivity contribution in [1.29, 1.82) is 0 Å². The van der Waals surface area contributed by atoms with Gasteiger partial charge in [-0.3, -0.25) is 0 Å². The molecule has 2 amide bonds. The van der Waals surface area contributed by atoms with Crippen LogP contribution in [-0.2, 0) is 19.4 Å². The number of hydrogen-bond acceptors (Lipinski definition) is 5. The van der Waals surface area contributed by atoms with Gasteiger partial charge in [0.1, 0.15) is 5.76 Å². The van der Waals surface area contributed by atoms with Gasteiger partial charge in [0.2, 0.25) is 5.89 Å². The predicted molar refractivity (Wildman–Crippen MR) is 93.1 cm³/mol. The molecule has 0 fully saturated rings. The van der Waals surface area contributed by atoms with Gasteiger partial charge in [-0.2, -0.15) is 0 Å². The molecule has 2 heterocycles. The highest BCUT2D eigenvalue weighted by Gasteiger charge is 2.29. The first-order valence-corrected chi connectivity index (χ1v) is 9.23. The lowest BCUT2D eigenvalue weighted by molar-refractivity contribution is 0.183. The number of carbonyl (C=O) groups excluding carboxylic acids is 1. The number of nitrogens with zero attached hydrogens (tertiary/aromatic N) is 3. The van der Waals surface area contributed by atoms with Gasteiger partial charge in [-0.05, 0) is 39.5 Å². The highest BCUT2D eigenvalue weighted by atomic mass is 32.1. The Hall–Kier alpha value is -1.89. The van der Waals surface area contributed by atoms with E-state index in [-0.39, 0.29) is 12.1 Å². The molecule has 2 aromatic rings. The maximum Gasteiger partial charge on any atom is 0.318 e. The van der Waals surface area contributed by atoms with Gasteiger partial charge in [0.15, 0.2) is 0 Å². The second kappa shape index (κ2) is 6.93. The van der Waals surface area contributed by atoms with Crippen molar-refractivity contribution in [2.75, 3.05) is 7.05 Å². The summed E-state index contributed by atoms with van der Waals surface area (Å²) in [7, 11) is 1.85. The third kappa shape index (κ3) is 3.31. The van der Waals surface area contributed by atoms with Crippen LogP contribution in [0.2, 0.25) is 0 Å². The zero-order chi connectivity index (χ0) is 17.3. The standard InChI is InChI=1S/C17H24N4O2S/c1-5-15-20-12-7-6-8-13(16(12)24-15)21(4)17(22)18-9-14-19-10(2)11(3)23-14/h13H,5-9H2,1-4H3,(H,18,22)/t13-/m1/s1. The van der Waals surface area contributed by atoms with Crippen molar-refractivity contribution in [3.05, 3.63) is 32.9 Å². The number of amides is 2. The van der Waals surface area contributed by atoms with E-state index in [9.17, 15) is 4.79 Å². The first kappa shape index (κ1) is 17.0. The van der Waals surface area contributed by atoms with Crippen molar-refractivity contribution >= 4 is 17.4 Å². The number of urea groups is 1. The fourth-order valence-electron chi connectivity index (χ4n) is 3.00. The van der Waals surface area contributed by atoms with E-state index in [2.05, 4.69) is 17.2 Å². The Labute approximate surface area is 146 Å². The molecule has 0 aromatic carbocycles. The Morgan fingerprint density at radius 3 is 2.88 bits per heavy atom. The van der Waals surface area contributed by atoms with E-state index in [1.165, 1.54) is 10.6 Å². The van der Waals surface area contributed by atoms with Crippen LogP contribution in [0.3, 0.4) is 0 Å². The first-order valence-electron chi connectivity index (χ1n) is 8.41. The molecule has 0 aliphatic heterocycles. The largest absolute Gasteiger partial charge is 0.444 e. The van der Waals surface area contributed by atoms with Gasteiger partial charge in [0, 0.05) is 7.05 Å². The van der Waals surface area contributed by atoms with Gasteiger partial charge in [0.25, 0.3) is 0 Å².